The Morgan fingerprint density at radius 2 is 1.58 bits per heavy atom. The maximum absolute atomic E-state index is 5.11. The van der Waals surface area contributed by atoms with Crippen LogP contribution in [0.1, 0.15) is 25.7 Å². The molecule has 2 aromatic heterocycles. The van der Waals surface area contributed by atoms with Gasteiger partial charge in [-0.3, -0.25) is 0 Å². The molecule has 2 fully saturated rings. The van der Waals surface area contributed by atoms with Gasteiger partial charge in [-0.15, -0.1) is 0 Å². The second kappa shape index (κ2) is 6.87. The lowest BCUT2D eigenvalue weighted by Crippen LogP contribution is -2.24. The van der Waals surface area contributed by atoms with Gasteiger partial charge in [0.15, 0.2) is 0 Å². The largest absolute Gasteiger partial charge is 0.356 e. The molecule has 0 spiro atoms. The zero-order chi connectivity index (χ0) is 17.5. The fourth-order valence-corrected chi connectivity index (χ4v) is 4.91. The predicted octanol–water partition coefficient (Wildman–Crippen LogP) is 4.22. The lowest BCUT2D eigenvalue weighted by Gasteiger charge is -2.22. The van der Waals surface area contributed by atoms with Gasteiger partial charge in [0.25, 0.3) is 0 Å². The molecule has 0 amide bonds. The highest BCUT2D eigenvalue weighted by molar-refractivity contribution is 14.1. The van der Waals surface area contributed by atoms with Crippen LogP contribution in [-0.2, 0) is 6.54 Å². The summed E-state index contributed by atoms with van der Waals surface area (Å²) in [7, 11) is 0. The summed E-state index contributed by atoms with van der Waals surface area (Å²) >= 11 is 2.46. The first-order chi connectivity index (χ1) is 12.9. The van der Waals surface area contributed by atoms with Crippen molar-refractivity contribution in [1.82, 2.24) is 14.5 Å². The molecule has 0 radical (unpaired) electrons. The van der Waals surface area contributed by atoms with Crippen LogP contribution in [0, 0.1) is 0 Å². The highest BCUT2D eigenvalue weighted by atomic mass is 127. The molecule has 2 saturated heterocycles. The lowest BCUT2D eigenvalue weighted by atomic mass is 10.2. The number of benzene rings is 1. The smallest absolute Gasteiger partial charge is 0.229 e. The second-order valence-electron chi connectivity index (χ2n) is 7.29. The summed E-state index contributed by atoms with van der Waals surface area (Å²) in [4.78, 5) is 15.0. The Hall–Kier alpha value is -1.57. The van der Waals surface area contributed by atoms with Crippen molar-refractivity contribution < 1.29 is 0 Å². The molecule has 136 valence electrons. The monoisotopic (exact) mass is 461 g/mol. The summed E-state index contributed by atoms with van der Waals surface area (Å²) in [6.07, 6.45) is 5.02. The number of fused-ring (bicyclic) bond motifs is 3. The molecule has 4 heterocycles. The molecule has 3 aromatic rings. The van der Waals surface area contributed by atoms with E-state index in [1.807, 2.05) is 0 Å². The van der Waals surface area contributed by atoms with Gasteiger partial charge in [0.05, 0.1) is 10.9 Å². The first kappa shape index (κ1) is 16.6. The van der Waals surface area contributed by atoms with Crippen molar-refractivity contribution >= 4 is 56.3 Å². The number of hydrogen-bond acceptors (Lipinski definition) is 4. The van der Waals surface area contributed by atoms with Gasteiger partial charge in [-0.2, -0.15) is 9.97 Å². The topological polar surface area (TPSA) is 37.2 Å². The predicted molar refractivity (Wildman–Crippen MR) is 117 cm³/mol. The standard InChI is InChI=1S/C20H24IN5/c21-9-14-26-16-8-2-1-7-15(16)17-18(24-10-3-4-11-24)22-20(23-19(17)26)25-12-5-6-13-25/h1-2,7-8H,3-6,9-14H2. The molecule has 26 heavy (non-hydrogen) atoms. The molecular weight excluding hydrogens is 437 g/mol. The highest BCUT2D eigenvalue weighted by Crippen LogP contribution is 2.37. The lowest BCUT2D eigenvalue weighted by molar-refractivity contribution is 0.822. The fraction of sp³-hybridized carbons (Fsp3) is 0.500. The molecule has 2 aliphatic rings. The van der Waals surface area contributed by atoms with Crippen LogP contribution in [-0.4, -0.2) is 45.1 Å². The molecule has 0 atom stereocenters. The minimum absolute atomic E-state index is 0.925. The van der Waals surface area contributed by atoms with Gasteiger partial charge in [-0.25, -0.2) is 0 Å². The minimum Gasteiger partial charge on any atom is -0.356 e. The number of anilines is 2. The summed E-state index contributed by atoms with van der Waals surface area (Å²) in [6.45, 7) is 5.37. The van der Waals surface area contributed by atoms with E-state index < -0.39 is 0 Å². The molecule has 1 aromatic carbocycles. The first-order valence-corrected chi connectivity index (χ1v) is 11.2. The normalized spacial score (nSPS) is 17.9. The molecule has 5 rings (SSSR count). The van der Waals surface area contributed by atoms with E-state index in [4.69, 9.17) is 9.97 Å². The number of alkyl halides is 1. The van der Waals surface area contributed by atoms with Gasteiger partial charge in [-0.1, -0.05) is 40.8 Å². The average Bonchev–Trinajstić information content (AvgIpc) is 3.43. The van der Waals surface area contributed by atoms with Crippen LogP contribution < -0.4 is 9.80 Å². The Labute approximate surface area is 167 Å². The van der Waals surface area contributed by atoms with E-state index in [0.717, 1.165) is 54.6 Å². The summed E-state index contributed by atoms with van der Waals surface area (Å²) in [5.74, 6) is 2.08. The van der Waals surface area contributed by atoms with Crippen molar-refractivity contribution in [3.63, 3.8) is 0 Å². The van der Waals surface area contributed by atoms with Crippen molar-refractivity contribution in [3.05, 3.63) is 24.3 Å². The van der Waals surface area contributed by atoms with Crippen LogP contribution >= 0.6 is 22.6 Å². The third-order valence-corrected chi connectivity index (χ3v) is 6.16. The summed E-state index contributed by atoms with van der Waals surface area (Å²) in [5.41, 5.74) is 2.40. The molecule has 0 saturated carbocycles. The molecular formula is C20H24IN5. The summed E-state index contributed by atoms with van der Waals surface area (Å²) in [5, 5.41) is 2.54. The quantitative estimate of drug-likeness (QED) is 0.431. The van der Waals surface area contributed by atoms with Gasteiger partial charge in [0.1, 0.15) is 11.5 Å². The number of aromatic nitrogens is 3. The number of aryl methyl sites for hydroxylation is 1. The van der Waals surface area contributed by atoms with Crippen molar-refractivity contribution in [1.29, 1.82) is 0 Å². The summed E-state index contributed by atoms with van der Waals surface area (Å²) < 4.78 is 3.48. The average molecular weight is 461 g/mol. The number of rotatable bonds is 4. The Bertz CT molecular complexity index is 938. The van der Waals surface area contributed by atoms with Gasteiger partial charge in [0.2, 0.25) is 5.95 Å². The van der Waals surface area contributed by atoms with E-state index in [0.29, 0.717) is 0 Å². The van der Waals surface area contributed by atoms with Crippen LogP contribution in [0.25, 0.3) is 21.9 Å². The van der Waals surface area contributed by atoms with Crippen LogP contribution in [0.4, 0.5) is 11.8 Å². The SMILES string of the molecule is ICCn1c2ccccc2c2c(N3CCCC3)nc(N3CCCC3)nc21. The highest BCUT2D eigenvalue weighted by Gasteiger charge is 2.25. The molecule has 6 heteroatoms. The zero-order valence-electron chi connectivity index (χ0n) is 15.0. The van der Waals surface area contributed by atoms with E-state index in [1.54, 1.807) is 0 Å². The van der Waals surface area contributed by atoms with Gasteiger partial charge in [0, 0.05) is 42.5 Å². The van der Waals surface area contributed by atoms with Crippen molar-refractivity contribution in [2.24, 2.45) is 0 Å². The number of nitrogens with zero attached hydrogens (tertiary/aromatic N) is 5. The third kappa shape index (κ3) is 2.64. The Balaban J connectivity index is 1.82. The molecule has 0 bridgehead atoms. The van der Waals surface area contributed by atoms with Crippen LogP contribution in [0.5, 0.6) is 0 Å². The molecule has 2 aliphatic heterocycles. The van der Waals surface area contributed by atoms with Crippen molar-refractivity contribution in [3.8, 4) is 0 Å². The Morgan fingerprint density at radius 1 is 0.885 bits per heavy atom. The second-order valence-corrected chi connectivity index (χ2v) is 8.37. The number of halogens is 1. The Kier molecular flexibility index (Phi) is 4.38. The van der Waals surface area contributed by atoms with Crippen LogP contribution in [0.3, 0.4) is 0 Å². The summed E-state index contributed by atoms with van der Waals surface area (Å²) in [6, 6.07) is 8.74. The van der Waals surface area contributed by atoms with E-state index >= 15 is 0 Å². The van der Waals surface area contributed by atoms with Gasteiger partial charge in [-0.05, 0) is 31.7 Å². The van der Waals surface area contributed by atoms with E-state index in [-0.39, 0.29) is 0 Å². The van der Waals surface area contributed by atoms with Gasteiger partial charge >= 0.3 is 0 Å². The maximum atomic E-state index is 5.11. The van der Waals surface area contributed by atoms with Crippen molar-refractivity contribution in [2.45, 2.75) is 32.2 Å². The number of para-hydroxylation sites is 1. The maximum Gasteiger partial charge on any atom is 0.229 e. The van der Waals surface area contributed by atoms with E-state index in [2.05, 4.69) is 61.2 Å². The zero-order valence-corrected chi connectivity index (χ0v) is 17.2. The molecule has 5 nitrogen and oxygen atoms in total. The van der Waals surface area contributed by atoms with E-state index in [1.165, 1.54) is 42.0 Å². The Morgan fingerprint density at radius 3 is 2.31 bits per heavy atom. The fourth-order valence-electron chi connectivity index (χ4n) is 4.42. The van der Waals surface area contributed by atoms with Crippen LogP contribution in [0.15, 0.2) is 24.3 Å². The first-order valence-electron chi connectivity index (χ1n) is 9.71. The van der Waals surface area contributed by atoms with E-state index in [9.17, 15) is 0 Å². The number of hydrogen-bond donors (Lipinski definition) is 0. The minimum atomic E-state index is 0.925. The molecule has 0 aliphatic carbocycles. The van der Waals surface area contributed by atoms with Crippen LogP contribution in [0.2, 0.25) is 0 Å². The molecule has 0 unspecified atom stereocenters. The van der Waals surface area contributed by atoms with Crippen molar-refractivity contribution in [2.75, 3.05) is 40.4 Å². The molecule has 0 N–H and O–H groups in total. The third-order valence-electron chi connectivity index (χ3n) is 5.68. The van der Waals surface area contributed by atoms with Gasteiger partial charge < -0.3 is 14.4 Å².